The molecule has 180 valence electrons. The van der Waals surface area contributed by atoms with Gasteiger partial charge < -0.3 is 9.47 Å². The number of para-hydroxylation sites is 1. The van der Waals surface area contributed by atoms with Crippen molar-refractivity contribution in [3.05, 3.63) is 95.5 Å². The molecule has 0 atom stereocenters. The quantitative estimate of drug-likeness (QED) is 0.284. The summed E-state index contributed by atoms with van der Waals surface area (Å²) in [6.45, 7) is 2.44. The number of aromatic nitrogens is 2. The molecule has 0 spiro atoms. The number of benzene rings is 3. The van der Waals surface area contributed by atoms with Crippen LogP contribution in [0.25, 0.3) is 23.0 Å². The van der Waals surface area contributed by atoms with Gasteiger partial charge in [0.05, 0.1) is 35.7 Å². The Morgan fingerprint density at radius 2 is 1.58 bits per heavy atom. The highest BCUT2D eigenvalue weighted by Gasteiger charge is 2.36. The number of carbonyl (C=O) groups is 2. The number of methoxy groups -OCH3 is 1. The van der Waals surface area contributed by atoms with E-state index in [0.717, 1.165) is 34.3 Å². The van der Waals surface area contributed by atoms with Crippen LogP contribution in [-0.4, -0.2) is 34.6 Å². The lowest BCUT2D eigenvalue weighted by Crippen LogP contribution is -2.27. The number of hydrogen-bond donors (Lipinski definition) is 0. The maximum atomic E-state index is 13.3. The number of anilines is 1. The van der Waals surface area contributed by atoms with Gasteiger partial charge in [0, 0.05) is 17.3 Å². The summed E-state index contributed by atoms with van der Waals surface area (Å²) in [4.78, 5) is 27.6. The zero-order chi connectivity index (χ0) is 25.1. The second kappa shape index (κ2) is 10.1. The van der Waals surface area contributed by atoms with Crippen molar-refractivity contribution in [2.45, 2.75) is 6.92 Å². The molecule has 1 aromatic heterocycles. The van der Waals surface area contributed by atoms with Crippen molar-refractivity contribution in [2.75, 3.05) is 18.6 Å². The Labute approximate surface area is 213 Å². The zero-order valence-corrected chi connectivity index (χ0v) is 20.6. The molecule has 1 aliphatic heterocycles. The van der Waals surface area contributed by atoms with Gasteiger partial charge in [0.25, 0.3) is 11.1 Å². The third kappa shape index (κ3) is 4.63. The molecule has 36 heavy (non-hydrogen) atoms. The van der Waals surface area contributed by atoms with Crippen LogP contribution in [0.5, 0.6) is 11.5 Å². The lowest BCUT2D eigenvalue weighted by Gasteiger charge is -2.13. The smallest absolute Gasteiger partial charge is 0.298 e. The molecule has 1 saturated heterocycles. The SMILES string of the molecule is CCOc1ccc(N2C(=O)S/C(=C\c3cn(-c4ccccc4)nc3-c3ccc(OC)cc3)C2=O)cc1. The molecule has 8 heteroatoms. The number of nitrogens with zero attached hydrogens (tertiary/aromatic N) is 3. The lowest BCUT2D eigenvalue weighted by atomic mass is 10.1. The molecule has 0 N–H and O–H groups in total. The monoisotopic (exact) mass is 497 g/mol. The first-order valence-corrected chi connectivity index (χ1v) is 12.2. The summed E-state index contributed by atoms with van der Waals surface area (Å²) in [5.74, 6) is 1.04. The van der Waals surface area contributed by atoms with E-state index in [1.807, 2.05) is 67.7 Å². The van der Waals surface area contributed by atoms with E-state index in [1.54, 1.807) is 42.1 Å². The number of carbonyl (C=O) groups excluding carboxylic acids is 2. The van der Waals surface area contributed by atoms with Gasteiger partial charge in [0.1, 0.15) is 11.5 Å². The molecule has 0 saturated carbocycles. The van der Waals surface area contributed by atoms with E-state index in [-0.39, 0.29) is 11.1 Å². The number of imide groups is 1. The Hall–Kier alpha value is -4.30. The average Bonchev–Trinajstić information content (AvgIpc) is 3.45. The molecule has 2 amide bonds. The Kier molecular flexibility index (Phi) is 6.60. The molecular weight excluding hydrogens is 474 g/mol. The molecule has 3 aromatic carbocycles. The van der Waals surface area contributed by atoms with E-state index in [2.05, 4.69) is 0 Å². The van der Waals surface area contributed by atoms with Crippen LogP contribution in [0.15, 0.2) is 90.0 Å². The fourth-order valence-corrected chi connectivity index (χ4v) is 4.70. The summed E-state index contributed by atoms with van der Waals surface area (Å²) in [6, 6.07) is 24.2. The first-order valence-electron chi connectivity index (χ1n) is 11.4. The number of thioether (sulfide) groups is 1. The van der Waals surface area contributed by atoms with Gasteiger partial charge in [-0.2, -0.15) is 5.10 Å². The van der Waals surface area contributed by atoms with Gasteiger partial charge in [-0.25, -0.2) is 9.58 Å². The van der Waals surface area contributed by atoms with Crippen molar-refractivity contribution < 1.29 is 19.1 Å². The minimum atomic E-state index is -0.373. The predicted octanol–water partition coefficient (Wildman–Crippen LogP) is 6.19. The van der Waals surface area contributed by atoms with Crippen molar-refractivity contribution in [1.82, 2.24) is 9.78 Å². The molecule has 1 aliphatic rings. The first-order chi connectivity index (χ1) is 17.6. The Balaban J connectivity index is 1.52. The Morgan fingerprint density at radius 1 is 0.889 bits per heavy atom. The number of ether oxygens (including phenoxy) is 2. The van der Waals surface area contributed by atoms with Crippen molar-refractivity contribution in [1.29, 1.82) is 0 Å². The molecule has 4 aromatic rings. The van der Waals surface area contributed by atoms with Crippen LogP contribution in [0.1, 0.15) is 12.5 Å². The van der Waals surface area contributed by atoms with Crippen LogP contribution in [0.4, 0.5) is 10.5 Å². The average molecular weight is 498 g/mol. The summed E-state index contributed by atoms with van der Waals surface area (Å²) in [5.41, 5.74) is 3.66. The number of hydrogen-bond acceptors (Lipinski definition) is 6. The molecule has 0 radical (unpaired) electrons. The summed E-state index contributed by atoms with van der Waals surface area (Å²) >= 11 is 0.911. The van der Waals surface area contributed by atoms with Crippen LogP contribution in [0.2, 0.25) is 0 Å². The molecular formula is C28H23N3O4S. The minimum Gasteiger partial charge on any atom is -0.497 e. The molecule has 0 unspecified atom stereocenters. The number of rotatable bonds is 7. The summed E-state index contributed by atoms with van der Waals surface area (Å²) in [6.07, 6.45) is 3.59. The standard InChI is InChI=1S/C28H23N3O4S/c1-3-35-24-15-11-22(12-16-24)31-27(32)25(36-28(31)33)17-20-18-30(21-7-5-4-6-8-21)29-26(20)19-9-13-23(34-2)14-10-19/h4-18H,3H2,1-2H3/b25-17-. The van der Waals surface area contributed by atoms with Crippen molar-refractivity contribution >= 4 is 34.7 Å². The molecule has 1 fully saturated rings. The van der Waals surface area contributed by atoms with E-state index in [0.29, 0.717) is 28.6 Å². The van der Waals surface area contributed by atoms with Crippen LogP contribution in [0, 0.1) is 0 Å². The minimum absolute atomic E-state index is 0.330. The van der Waals surface area contributed by atoms with Crippen molar-refractivity contribution in [2.24, 2.45) is 0 Å². The fraction of sp³-hybridized carbons (Fsp3) is 0.107. The van der Waals surface area contributed by atoms with Gasteiger partial charge in [-0.3, -0.25) is 9.59 Å². The van der Waals surface area contributed by atoms with Gasteiger partial charge in [0.15, 0.2) is 0 Å². The third-order valence-electron chi connectivity index (χ3n) is 5.61. The lowest BCUT2D eigenvalue weighted by molar-refractivity contribution is -0.113. The largest absolute Gasteiger partial charge is 0.497 e. The van der Waals surface area contributed by atoms with Gasteiger partial charge in [-0.05, 0) is 85.4 Å². The Morgan fingerprint density at radius 3 is 2.25 bits per heavy atom. The molecule has 5 rings (SSSR count). The van der Waals surface area contributed by atoms with Gasteiger partial charge in [-0.15, -0.1) is 0 Å². The van der Waals surface area contributed by atoms with E-state index < -0.39 is 0 Å². The van der Waals surface area contributed by atoms with Crippen LogP contribution >= 0.6 is 11.8 Å². The summed E-state index contributed by atoms with van der Waals surface area (Å²) < 4.78 is 12.5. The van der Waals surface area contributed by atoms with Gasteiger partial charge in [-0.1, -0.05) is 18.2 Å². The van der Waals surface area contributed by atoms with E-state index >= 15 is 0 Å². The first kappa shape index (κ1) is 23.4. The highest BCUT2D eigenvalue weighted by atomic mass is 32.2. The highest BCUT2D eigenvalue weighted by molar-refractivity contribution is 8.19. The highest BCUT2D eigenvalue weighted by Crippen LogP contribution is 2.37. The van der Waals surface area contributed by atoms with E-state index in [1.165, 1.54) is 4.90 Å². The zero-order valence-electron chi connectivity index (χ0n) is 19.8. The van der Waals surface area contributed by atoms with E-state index in [4.69, 9.17) is 14.6 Å². The molecule has 0 aliphatic carbocycles. The second-order valence-corrected chi connectivity index (χ2v) is 8.88. The Bertz CT molecular complexity index is 1430. The predicted molar refractivity (Wildman–Crippen MR) is 142 cm³/mol. The van der Waals surface area contributed by atoms with Crippen LogP contribution in [0.3, 0.4) is 0 Å². The summed E-state index contributed by atoms with van der Waals surface area (Å²) in [5, 5.41) is 4.44. The topological polar surface area (TPSA) is 73.7 Å². The number of amides is 2. The van der Waals surface area contributed by atoms with Crippen LogP contribution in [-0.2, 0) is 4.79 Å². The molecule has 0 bridgehead atoms. The summed E-state index contributed by atoms with van der Waals surface area (Å²) in [7, 11) is 1.62. The van der Waals surface area contributed by atoms with Gasteiger partial charge >= 0.3 is 0 Å². The second-order valence-electron chi connectivity index (χ2n) is 7.89. The van der Waals surface area contributed by atoms with Crippen molar-refractivity contribution in [3.8, 4) is 28.4 Å². The molecule has 2 heterocycles. The fourth-order valence-electron chi connectivity index (χ4n) is 3.87. The van der Waals surface area contributed by atoms with Crippen molar-refractivity contribution in [3.63, 3.8) is 0 Å². The maximum absolute atomic E-state index is 13.3. The van der Waals surface area contributed by atoms with Gasteiger partial charge in [0.2, 0.25) is 0 Å². The molecule has 7 nitrogen and oxygen atoms in total. The van der Waals surface area contributed by atoms with E-state index in [9.17, 15) is 9.59 Å². The maximum Gasteiger partial charge on any atom is 0.298 e. The normalized spacial score (nSPS) is 14.5. The third-order valence-corrected chi connectivity index (χ3v) is 6.48. The van der Waals surface area contributed by atoms with Crippen LogP contribution < -0.4 is 14.4 Å².